The molecule has 0 aliphatic heterocycles. The lowest BCUT2D eigenvalue weighted by Crippen LogP contribution is -2.52. The lowest BCUT2D eigenvalue weighted by atomic mass is 9.48. The molecule has 0 spiro atoms. The van der Waals surface area contributed by atoms with Crippen molar-refractivity contribution in [2.24, 2.45) is 23.2 Å². The lowest BCUT2D eigenvalue weighted by Gasteiger charge is -2.57. The molecule has 4 aliphatic rings. The molecule has 2 aromatic carbocycles. The highest BCUT2D eigenvalue weighted by atomic mass is 35.5. The molecule has 1 atom stereocenters. The number of hydrogen-bond donors (Lipinski definition) is 3. The van der Waals surface area contributed by atoms with Gasteiger partial charge in [0.25, 0.3) is 16.8 Å². The first-order valence-electron chi connectivity index (χ1n) is 12.7. The molecule has 7 nitrogen and oxygen atoms in total. The summed E-state index contributed by atoms with van der Waals surface area (Å²) in [7, 11) is 0. The van der Waals surface area contributed by atoms with Gasteiger partial charge in [-0.1, -0.05) is 23.7 Å². The average Bonchev–Trinajstić information content (AvgIpc) is 2.85. The van der Waals surface area contributed by atoms with Gasteiger partial charge in [-0.3, -0.25) is 19.4 Å². The fraction of sp³-hybridized carbons (Fsp3) is 0.429. The molecule has 3 aromatic rings. The van der Waals surface area contributed by atoms with E-state index in [0.717, 1.165) is 37.0 Å². The Bertz CT molecular complexity index is 1330. The Hall–Kier alpha value is -3.19. The van der Waals surface area contributed by atoms with Gasteiger partial charge in [-0.05, 0) is 92.4 Å². The van der Waals surface area contributed by atoms with E-state index >= 15 is 0 Å². The number of nitrogens with one attached hydrogen (secondary N) is 3. The topological polar surface area (TPSA) is 100 Å². The SMILES string of the molecule is O=C(NC(CC12CC3CC(CC(C3)C1)C2)Nc1c(Nc2cccnc2)c(=O)c1=O)c1ccccc1Cl. The van der Waals surface area contributed by atoms with E-state index in [2.05, 4.69) is 20.9 Å². The smallest absolute Gasteiger partial charge is 0.254 e. The predicted molar refractivity (Wildman–Crippen MR) is 140 cm³/mol. The van der Waals surface area contributed by atoms with Crippen molar-refractivity contribution in [3.05, 3.63) is 79.8 Å². The Balaban J connectivity index is 1.28. The fourth-order valence-corrected chi connectivity index (χ4v) is 7.62. The van der Waals surface area contributed by atoms with E-state index in [1.807, 2.05) is 0 Å². The van der Waals surface area contributed by atoms with Gasteiger partial charge in [0.15, 0.2) is 0 Å². The summed E-state index contributed by atoms with van der Waals surface area (Å²) in [4.78, 5) is 42.3. The van der Waals surface area contributed by atoms with Crippen molar-refractivity contribution in [2.75, 3.05) is 10.6 Å². The van der Waals surface area contributed by atoms with Gasteiger partial charge >= 0.3 is 0 Å². The molecule has 8 heteroatoms. The zero-order valence-corrected chi connectivity index (χ0v) is 20.7. The van der Waals surface area contributed by atoms with Crippen LogP contribution in [0.3, 0.4) is 0 Å². The summed E-state index contributed by atoms with van der Waals surface area (Å²) >= 11 is 6.30. The molecule has 1 aromatic heterocycles. The van der Waals surface area contributed by atoms with Crippen LogP contribution in [0, 0.1) is 23.2 Å². The molecule has 1 unspecified atom stereocenters. The zero-order valence-electron chi connectivity index (χ0n) is 19.9. The maximum Gasteiger partial charge on any atom is 0.254 e. The number of rotatable bonds is 8. The van der Waals surface area contributed by atoms with Crippen molar-refractivity contribution < 1.29 is 4.79 Å². The molecule has 1 amide bonds. The van der Waals surface area contributed by atoms with E-state index in [4.69, 9.17) is 11.6 Å². The minimum absolute atomic E-state index is 0.133. The standard InChI is InChI=1S/C28H29ClN4O3/c29-21-6-2-1-5-20(21)27(36)33-22(14-28-11-16-8-17(12-28)10-18(9-16)13-28)32-24-23(25(34)26(24)35)31-19-4-3-7-30-15-19/h1-7,15-18,22,31-32H,8-14H2,(H,33,36). The van der Waals surface area contributed by atoms with E-state index < -0.39 is 17.0 Å². The lowest BCUT2D eigenvalue weighted by molar-refractivity contribution is -0.0603. The first-order valence-corrected chi connectivity index (χ1v) is 13.1. The second kappa shape index (κ2) is 9.04. The molecule has 4 aliphatic carbocycles. The number of amides is 1. The van der Waals surface area contributed by atoms with Crippen LogP contribution in [0.4, 0.5) is 17.1 Å². The number of anilines is 3. The second-order valence-corrected chi connectivity index (χ2v) is 11.5. The highest BCUT2D eigenvalue weighted by Crippen LogP contribution is 2.61. The van der Waals surface area contributed by atoms with Gasteiger partial charge in [-0.15, -0.1) is 0 Å². The van der Waals surface area contributed by atoms with Crippen molar-refractivity contribution in [1.82, 2.24) is 10.3 Å². The van der Waals surface area contributed by atoms with Gasteiger partial charge in [-0.25, -0.2) is 0 Å². The zero-order chi connectivity index (χ0) is 24.9. The van der Waals surface area contributed by atoms with Crippen molar-refractivity contribution >= 4 is 34.6 Å². The second-order valence-electron chi connectivity index (χ2n) is 11.0. The molecule has 36 heavy (non-hydrogen) atoms. The fourth-order valence-electron chi connectivity index (χ4n) is 7.40. The van der Waals surface area contributed by atoms with Crippen LogP contribution in [0.5, 0.6) is 0 Å². The summed E-state index contributed by atoms with van der Waals surface area (Å²) in [6, 6.07) is 10.5. The van der Waals surface area contributed by atoms with Crippen molar-refractivity contribution in [2.45, 2.75) is 51.1 Å². The van der Waals surface area contributed by atoms with Crippen LogP contribution >= 0.6 is 11.6 Å². The summed E-state index contributed by atoms with van der Waals surface area (Å²) < 4.78 is 0. The molecule has 4 bridgehead atoms. The van der Waals surface area contributed by atoms with Gasteiger partial charge in [0.1, 0.15) is 11.4 Å². The Labute approximate surface area is 214 Å². The average molecular weight is 505 g/mol. The van der Waals surface area contributed by atoms with Crippen LogP contribution < -0.4 is 26.8 Å². The predicted octanol–water partition coefficient (Wildman–Crippen LogP) is 4.85. The molecule has 4 saturated carbocycles. The number of nitrogens with zero attached hydrogens (tertiary/aromatic N) is 1. The number of carbonyl (C=O) groups excluding carboxylic acids is 1. The van der Waals surface area contributed by atoms with Crippen LogP contribution in [0.15, 0.2) is 58.4 Å². The van der Waals surface area contributed by atoms with Crippen LogP contribution in [0.25, 0.3) is 0 Å². The maximum atomic E-state index is 13.2. The van der Waals surface area contributed by atoms with Gasteiger partial charge in [0.05, 0.1) is 28.6 Å². The van der Waals surface area contributed by atoms with E-state index in [1.165, 1.54) is 19.3 Å². The number of benzene rings is 1. The quantitative estimate of drug-likeness (QED) is 0.299. The molecular formula is C28H29ClN4O3. The third-order valence-corrected chi connectivity index (χ3v) is 8.72. The van der Waals surface area contributed by atoms with Crippen LogP contribution in [-0.2, 0) is 0 Å². The van der Waals surface area contributed by atoms with E-state index in [9.17, 15) is 14.4 Å². The van der Waals surface area contributed by atoms with Crippen molar-refractivity contribution in [3.8, 4) is 0 Å². The van der Waals surface area contributed by atoms with Crippen molar-refractivity contribution in [3.63, 3.8) is 0 Å². The van der Waals surface area contributed by atoms with E-state index in [1.54, 1.807) is 48.8 Å². The molecule has 0 radical (unpaired) electrons. The largest absolute Gasteiger partial charge is 0.360 e. The van der Waals surface area contributed by atoms with E-state index in [-0.39, 0.29) is 22.7 Å². The van der Waals surface area contributed by atoms with Gasteiger partial charge in [0, 0.05) is 6.20 Å². The molecular weight excluding hydrogens is 476 g/mol. The Morgan fingerprint density at radius 2 is 1.64 bits per heavy atom. The molecule has 1 heterocycles. The third kappa shape index (κ3) is 4.30. The summed E-state index contributed by atoms with van der Waals surface area (Å²) in [6.07, 6.45) is 10.9. The van der Waals surface area contributed by atoms with Crippen LogP contribution in [0.2, 0.25) is 5.02 Å². The highest BCUT2D eigenvalue weighted by molar-refractivity contribution is 6.33. The number of hydrogen-bond acceptors (Lipinski definition) is 6. The van der Waals surface area contributed by atoms with Gasteiger partial charge < -0.3 is 16.0 Å². The summed E-state index contributed by atoms with van der Waals surface area (Å²) in [6.45, 7) is 0. The Morgan fingerprint density at radius 1 is 0.972 bits per heavy atom. The molecule has 0 saturated heterocycles. The number of aromatic nitrogens is 1. The summed E-state index contributed by atoms with van der Waals surface area (Å²) in [5.74, 6) is 1.96. The van der Waals surface area contributed by atoms with Crippen LogP contribution in [0.1, 0.15) is 55.3 Å². The first-order chi connectivity index (χ1) is 17.4. The van der Waals surface area contributed by atoms with Crippen molar-refractivity contribution in [1.29, 1.82) is 0 Å². The summed E-state index contributed by atoms with van der Waals surface area (Å²) in [5, 5.41) is 9.74. The summed E-state index contributed by atoms with van der Waals surface area (Å²) in [5.41, 5.74) is 0.388. The molecule has 4 fully saturated rings. The first kappa shape index (κ1) is 23.2. The van der Waals surface area contributed by atoms with Crippen LogP contribution in [-0.4, -0.2) is 17.1 Å². The minimum Gasteiger partial charge on any atom is -0.360 e. The molecule has 186 valence electrons. The maximum absolute atomic E-state index is 13.2. The van der Waals surface area contributed by atoms with Gasteiger partial charge in [0.2, 0.25) is 0 Å². The minimum atomic E-state index is -0.580. The van der Waals surface area contributed by atoms with E-state index in [0.29, 0.717) is 22.7 Å². The normalized spacial score (nSPS) is 27.1. The van der Waals surface area contributed by atoms with Gasteiger partial charge in [-0.2, -0.15) is 0 Å². The monoisotopic (exact) mass is 504 g/mol. The molecule has 3 N–H and O–H groups in total. The number of carbonyl (C=O) groups is 1. The highest BCUT2D eigenvalue weighted by Gasteiger charge is 2.51. The molecule has 7 rings (SSSR count). The Kier molecular flexibility index (Phi) is 5.83. The third-order valence-electron chi connectivity index (χ3n) is 8.39. The number of halogens is 1. The Morgan fingerprint density at radius 3 is 2.28 bits per heavy atom. The number of pyridine rings is 1.